The van der Waals surface area contributed by atoms with Crippen molar-refractivity contribution in [1.82, 2.24) is 5.32 Å². The maximum absolute atomic E-state index is 11.9. The average molecular weight is 296 g/mol. The second-order valence-electron chi connectivity index (χ2n) is 3.60. The number of rotatable bonds is 4. The Hall–Kier alpha value is -0.550. The Morgan fingerprint density at radius 3 is 2.62 bits per heavy atom. The van der Waals surface area contributed by atoms with Crippen LogP contribution in [0.25, 0.3) is 0 Å². The maximum atomic E-state index is 11.9. The Morgan fingerprint density at radius 1 is 1.38 bits per heavy atom. The summed E-state index contributed by atoms with van der Waals surface area (Å²) in [5.41, 5.74) is 0.969. The molecule has 0 amide bonds. The molecule has 1 N–H and O–H groups in total. The summed E-state index contributed by atoms with van der Waals surface area (Å²) in [6, 6.07) is 7.44. The fraction of sp³-hybridized carbons (Fsp3) is 0.455. The number of benzene rings is 1. The molecule has 16 heavy (non-hydrogen) atoms. The fourth-order valence-corrected chi connectivity index (χ4v) is 1.74. The van der Waals surface area contributed by atoms with Crippen molar-refractivity contribution < 1.29 is 13.2 Å². The van der Waals surface area contributed by atoms with Crippen LogP contribution in [-0.4, -0.2) is 12.7 Å². The summed E-state index contributed by atoms with van der Waals surface area (Å²) >= 11 is 3.32. The molecule has 1 aromatic carbocycles. The Morgan fingerprint density at radius 2 is 2.06 bits per heavy atom. The van der Waals surface area contributed by atoms with Crippen molar-refractivity contribution in [3.8, 4) is 0 Å². The van der Waals surface area contributed by atoms with Gasteiger partial charge in [0.15, 0.2) is 0 Å². The van der Waals surface area contributed by atoms with Gasteiger partial charge in [-0.15, -0.1) is 0 Å². The molecule has 0 aliphatic rings. The highest BCUT2D eigenvalue weighted by Gasteiger charge is 2.26. The molecule has 0 aliphatic heterocycles. The highest BCUT2D eigenvalue weighted by Crippen LogP contribution is 2.20. The molecule has 90 valence electrons. The zero-order chi connectivity index (χ0) is 12.2. The smallest absolute Gasteiger partial charge is 0.310 e. The summed E-state index contributed by atoms with van der Waals surface area (Å²) in [6.07, 6.45) is -4.89. The molecule has 5 heteroatoms. The van der Waals surface area contributed by atoms with Crippen LogP contribution < -0.4 is 5.32 Å². The van der Waals surface area contributed by atoms with Crippen LogP contribution in [0.1, 0.15) is 24.9 Å². The molecule has 1 rings (SSSR count). The van der Waals surface area contributed by atoms with Gasteiger partial charge in [0, 0.05) is 17.1 Å². The largest absolute Gasteiger partial charge is 0.390 e. The van der Waals surface area contributed by atoms with Crippen LogP contribution in [0, 0.1) is 0 Å². The van der Waals surface area contributed by atoms with E-state index in [-0.39, 0.29) is 12.6 Å². The topological polar surface area (TPSA) is 12.0 Å². The summed E-state index contributed by atoms with van der Waals surface area (Å²) < 4.78 is 36.7. The Kier molecular flexibility index (Phi) is 4.80. The third-order valence-corrected chi connectivity index (χ3v) is 2.70. The van der Waals surface area contributed by atoms with Gasteiger partial charge in [-0.25, -0.2) is 0 Å². The van der Waals surface area contributed by atoms with E-state index in [2.05, 4.69) is 21.2 Å². The summed E-state index contributed by atoms with van der Waals surface area (Å²) in [5.74, 6) is 0. The molecule has 0 radical (unpaired) electrons. The molecular formula is C11H13BrF3N. The number of hydrogen-bond acceptors (Lipinski definition) is 1. The monoisotopic (exact) mass is 295 g/mol. The minimum absolute atomic E-state index is 0.0584. The highest BCUT2D eigenvalue weighted by atomic mass is 79.9. The van der Waals surface area contributed by atoms with Crippen molar-refractivity contribution in [2.24, 2.45) is 0 Å². The van der Waals surface area contributed by atoms with Gasteiger partial charge in [-0.05, 0) is 24.6 Å². The zero-order valence-corrected chi connectivity index (χ0v) is 10.4. The van der Waals surface area contributed by atoms with Crippen molar-refractivity contribution in [2.45, 2.75) is 25.6 Å². The van der Waals surface area contributed by atoms with E-state index in [1.807, 2.05) is 31.2 Å². The van der Waals surface area contributed by atoms with E-state index in [0.717, 1.165) is 10.0 Å². The molecule has 0 saturated heterocycles. The first-order valence-corrected chi connectivity index (χ1v) is 5.73. The van der Waals surface area contributed by atoms with Crippen LogP contribution in [0.15, 0.2) is 28.7 Å². The third kappa shape index (κ3) is 4.99. The van der Waals surface area contributed by atoms with Gasteiger partial charge in [0.05, 0.1) is 6.42 Å². The van der Waals surface area contributed by atoms with E-state index in [0.29, 0.717) is 0 Å². The van der Waals surface area contributed by atoms with Crippen molar-refractivity contribution in [1.29, 1.82) is 0 Å². The molecule has 1 nitrogen and oxygen atoms in total. The lowest BCUT2D eigenvalue weighted by Crippen LogP contribution is -2.24. The minimum atomic E-state index is -4.09. The highest BCUT2D eigenvalue weighted by molar-refractivity contribution is 9.10. The predicted molar refractivity (Wildman–Crippen MR) is 61.2 cm³/mol. The van der Waals surface area contributed by atoms with E-state index in [1.54, 1.807) is 0 Å². The molecule has 0 aromatic heterocycles. The number of alkyl halides is 3. The molecule has 0 fully saturated rings. The van der Waals surface area contributed by atoms with Crippen molar-refractivity contribution in [2.75, 3.05) is 6.54 Å². The lowest BCUT2D eigenvalue weighted by atomic mass is 10.1. The summed E-state index contributed by atoms with van der Waals surface area (Å²) in [5, 5.41) is 2.84. The van der Waals surface area contributed by atoms with Crippen LogP contribution >= 0.6 is 15.9 Å². The van der Waals surface area contributed by atoms with E-state index < -0.39 is 12.6 Å². The molecule has 0 saturated carbocycles. The van der Waals surface area contributed by atoms with Gasteiger partial charge in [0.2, 0.25) is 0 Å². The van der Waals surface area contributed by atoms with E-state index in [9.17, 15) is 13.2 Å². The molecule has 1 aromatic rings. The second-order valence-corrected chi connectivity index (χ2v) is 4.51. The Balaban J connectivity index is 2.44. The SMILES string of the molecule is C[C@H](NCCC(F)(F)F)c1cccc(Br)c1. The Bertz CT molecular complexity index is 338. The van der Waals surface area contributed by atoms with Gasteiger partial charge in [0.25, 0.3) is 0 Å². The van der Waals surface area contributed by atoms with Crippen molar-refractivity contribution >= 4 is 15.9 Å². The molecule has 1 atom stereocenters. The van der Waals surface area contributed by atoms with Crippen LogP contribution in [0.2, 0.25) is 0 Å². The number of halogens is 4. The van der Waals surface area contributed by atoms with Crippen LogP contribution in [0.5, 0.6) is 0 Å². The first-order chi connectivity index (χ1) is 7.38. The van der Waals surface area contributed by atoms with Gasteiger partial charge in [-0.2, -0.15) is 13.2 Å². The van der Waals surface area contributed by atoms with Gasteiger partial charge in [0.1, 0.15) is 0 Å². The van der Waals surface area contributed by atoms with Crippen LogP contribution in [-0.2, 0) is 0 Å². The molecule has 0 aliphatic carbocycles. The number of nitrogens with one attached hydrogen (secondary N) is 1. The maximum Gasteiger partial charge on any atom is 0.390 e. The van der Waals surface area contributed by atoms with Crippen molar-refractivity contribution in [3.05, 3.63) is 34.3 Å². The summed E-state index contributed by atoms with van der Waals surface area (Å²) in [7, 11) is 0. The molecule has 0 unspecified atom stereocenters. The lowest BCUT2D eigenvalue weighted by molar-refractivity contribution is -0.133. The molecule has 0 bridgehead atoms. The predicted octanol–water partition coefficient (Wildman–Crippen LogP) is 4.05. The lowest BCUT2D eigenvalue weighted by Gasteiger charge is -2.15. The van der Waals surface area contributed by atoms with Crippen LogP contribution in [0.3, 0.4) is 0 Å². The summed E-state index contributed by atoms with van der Waals surface area (Å²) in [6.45, 7) is 1.79. The third-order valence-electron chi connectivity index (χ3n) is 2.21. The van der Waals surface area contributed by atoms with Crippen molar-refractivity contribution in [3.63, 3.8) is 0 Å². The Labute approximate surface area is 101 Å². The average Bonchev–Trinajstić information content (AvgIpc) is 2.15. The fourth-order valence-electron chi connectivity index (χ4n) is 1.32. The minimum Gasteiger partial charge on any atom is -0.310 e. The summed E-state index contributed by atoms with van der Waals surface area (Å²) in [4.78, 5) is 0. The molecule has 0 spiro atoms. The quantitative estimate of drug-likeness (QED) is 0.883. The van der Waals surface area contributed by atoms with Gasteiger partial charge in [-0.1, -0.05) is 28.1 Å². The first kappa shape index (κ1) is 13.5. The van der Waals surface area contributed by atoms with Gasteiger partial charge < -0.3 is 5.32 Å². The van der Waals surface area contributed by atoms with E-state index in [4.69, 9.17) is 0 Å². The van der Waals surface area contributed by atoms with E-state index >= 15 is 0 Å². The molecule has 0 heterocycles. The number of hydrogen-bond donors (Lipinski definition) is 1. The normalized spacial score (nSPS) is 13.8. The second kappa shape index (κ2) is 5.68. The zero-order valence-electron chi connectivity index (χ0n) is 8.81. The van der Waals surface area contributed by atoms with E-state index in [1.165, 1.54) is 0 Å². The standard InChI is InChI=1S/C11H13BrF3N/c1-8(16-6-5-11(13,14)15)9-3-2-4-10(12)7-9/h2-4,7-8,16H,5-6H2,1H3/t8-/m0/s1. The van der Waals surface area contributed by atoms with Gasteiger partial charge in [-0.3, -0.25) is 0 Å². The van der Waals surface area contributed by atoms with Crippen LogP contribution in [0.4, 0.5) is 13.2 Å². The first-order valence-electron chi connectivity index (χ1n) is 4.94. The molecular weight excluding hydrogens is 283 g/mol. The van der Waals surface area contributed by atoms with Gasteiger partial charge >= 0.3 is 6.18 Å².